The van der Waals surface area contributed by atoms with Crippen LogP contribution in [0.1, 0.15) is 16.1 Å². The Hall–Kier alpha value is -1.36. The lowest BCUT2D eigenvalue weighted by molar-refractivity contribution is 0.0692. The van der Waals surface area contributed by atoms with Crippen molar-refractivity contribution < 1.29 is 9.90 Å². The van der Waals surface area contributed by atoms with E-state index >= 15 is 0 Å². The molecular weight excluding hydrogens is 248 g/mol. The first kappa shape index (κ1) is 9.21. The average molecular weight is 255 g/mol. The number of aryl methyl sites for hydroxylation is 1. The molecule has 0 saturated carbocycles. The van der Waals surface area contributed by atoms with Gasteiger partial charge >= 0.3 is 5.97 Å². The predicted molar refractivity (Wildman–Crippen MR) is 55.5 cm³/mol. The molecule has 0 unspecified atom stereocenters. The Morgan fingerprint density at radius 3 is 2.93 bits per heavy atom. The first-order valence-electron chi connectivity index (χ1n) is 3.97. The predicted octanol–water partition coefficient (Wildman–Crippen LogP) is 2.33. The van der Waals surface area contributed by atoms with Gasteiger partial charge in [-0.15, -0.1) is 0 Å². The number of fused-ring (bicyclic) bond motifs is 1. The minimum absolute atomic E-state index is 0.0741. The molecule has 0 spiro atoms. The van der Waals surface area contributed by atoms with Crippen LogP contribution in [0.3, 0.4) is 0 Å². The number of carbonyl (C=O) groups is 1. The molecular formula is C9H7BrN2O2. The van der Waals surface area contributed by atoms with Crippen molar-refractivity contribution in [3.63, 3.8) is 0 Å². The number of carboxylic acid groups (broad SMARTS) is 1. The molecule has 0 aliphatic rings. The number of carboxylic acids is 1. The summed E-state index contributed by atoms with van der Waals surface area (Å²) in [7, 11) is 0. The number of hydrogen-bond donors (Lipinski definition) is 2. The van der Waals surface area contributed by atoms with Crippen LogP contribution >= 0.6 is 15.9 Å². The molecule has 1 aromatic heterocycles. The van der Waals surface area contributed by atoms with E-state index in [9.17, 15) is 4.79 Å². The molecule has 0 aliphatic carbocycles. The van der Waals surface area contributed by atoms with Crippen molar-refractivity contribution >= 4 is 32.8 Å². The van der Waals surface area contributed by atoms with Gasteiger partial charge in [0.1, 0.15) is 0 Å². The van der Waals surface area contributed by atoms with Crippen molar-refractivity contribution in [2.24, 2.45) is 0 Å². The molecule has 0 aliphatic heterocycles. The summed E-state index contributed by atoms with van der Waals surface area (Å²) < 4.78 is 0.906. The highest BCUT2D eigenvalue weighted by Gasteiger charge is 2.14. The van der Waals surface area contributed by atoms with Crippen LogP contribution in [-0.2, 0) is 0 Å². The monoisotopic (exact) mass is 254 g/mol. The van der Waals surface area contributed by atoms with Crippen LogP contribution in [0.2, 0.25) is 0 Å². The molecule has 0 amide bonds. The molecule has 1 aromatic carbocycles. The lowest BCUT2D eigenvalue weighted by atomic mass is 10.1. The Kier molecular flexibility index (Phi) is 2.03. The molecule has 0 bridgehead atoms. The Bertz CT molecular complexity index is 519. The van der Waals surface area contributed by atoms with E-state index in [2.05, 4.69) is 26.1 Å². The number of hydrogen-bond acceptors (Lipinski definition) is 2. The molecule has 1 heterocycles. The molecule has 2 rings (SSSR count). The molecule has 5 heteroatoms. The molecule has 0 saturated heterocycles. The Labute approximate surface area is 88.1 Å². The second-order valence-electron chi connectivity index (χ2n) is 3.02. The number of aromatic nitrogens is 2. The highest BCUT2D eigenvalue weighted by Crippen LogP contribution is 2.24. The summed E-state index contributed by atoms with van der Waals surface area (Å²) in [4.78, 5) is 10.8. The van der Waals surface area contributed by atoms with Crippen molar-refractivity contribution in [3.05, 3.63) is 27.9 Å². The van der Waals surface area contributed by atoms with Crippen molar-refractivity contribution in [3.8, 4) is 0 Å². The third kappa shape index (κ3) is 1.29. The largest absolute Gasteiger partial charge is 0.476 e. The third-order valence-corrected chi connectivity index (χ3v) is 2.49. The zero-order valence-electron chi connectivity index (χ0n) is 7.34. The van der Waals surface area contributed by atoms with Gasteiger partial charge in [-0.25, -0.2) is 4.79 Å². The number of aromatic amines is 1. The normalized spacial score (nSPS) is 10.7. The minimum Gasteiger partial charge on any atom is -0.476 e. The molecule has 72 valence electrons. The summed E-state index contributed by atoms with van der Waals surface area (Å²) >= 11 is 3.33. The summed E-state index contributed by atoms with van der Waals surface area (Å²) in [6.07, 6.45) is 0. The summed E-state index contributed by atoms with van der Waals surface area (Å²) in [5.74, 6) is -1.01. The van der Waals surface area contributed by atoms with Gasteiger partial charge in [0.25, 0.3) is 0 Å². The Balaban J connectivity index is 2.85. The van der Waals surface area contributed by atoms with Crippen molar-refractivity contribution in [1.82, 2.24) is 10.2 Å². The van der Waals surface area contributed by atoms with Gasteiger partial charge in [-0.1, -0.05) is 15.9 Å². The third-order valence-electron chi connectivity index (χ3n) is 2.03. The van der Waals surface area contributed by atoms with Gasteiger partial charge in [0.05, 0.1) is 5.52 Å². The second-order valence-corrected chi connectivity index (χ2v) is 3.94. The first-order valence-corrected chi connectivity index (χ1v) is 4.76. The highest BCUT2D eigenvalue weighted by atomic mass is 79.9. The van der Waals surface area contributed by atoms with Crippen molar-refractivity contribution in [2.45, 2.75) is 6.92 Å². The maximum atomic E-state index is 10.8. The zero-order valence-corrected chi connectivity index (χ0v) is 8.92. The van der Waals surface area contributed by atoms with E-state index in [-0.39, 0.29) is 5.69 Å². The Morgan fingerprint density at radius 1 is 1.57 bits per heavy atom. The van der Waals surface area contributed by atoms with E-state index < -0.39 is 5.97 Å². The van der Waals surface area contributed by atoms with Crippen LogP contribution in [0.15, 0.2) is 16.6 Å². The molecule has 2 aromatic rings. The standard InChI is InChI=1S/C9H7BrN2O2/c1-4-2-5(10)3-6-7(4)8(9(13)14)12-11-6/h2-3H,1H3,(H,11,12)(H,13,14). The summed E-state index contributed by atoms with van der Waals surface area (Å²) in [5, 5.41) is 16.0. The smallest absolute Gasteiger partial charge is 0.357 e. The van der Waals surface area contributed by atoms with E-state index in [4.69, 9.17) is 5.11 Å². The SMILES string of the molecule is Cc1cc(Br)cc2[nH]nc(C(=O)O)c12. The average Bonchev–Trinajstić information content (AvgIpc) is 2.47. The van der Waals surface area contributed by atoms with Crippen LogP contribution in [0.25, 0.3) is 10.9 Å². The van der Waals surface area contributed by atoms with Gasteiger partial charge in [0.2, 0.25) is 0 Å². The Morgan fingerprint density at radius 2 is 2.29 bits per heavy atom. The van der Waals surface area contributed by atoms with E-state index in [0.717, 1.165) is 15.6 Å². The first-order chi connectivity index (χ1) is 6.59. The van der Waals surface area contributed by atoms with E-state index in [0.29, 0.717) is 5.39 Å². The van der Waals surface area contributed by atoms with Gasteiger partial charge in [-0.2, -0.15) is 5.10 Å². The van der Waals surface area contributed by atoms with Gasteiger partial charge in [0.15, 0.2) is 5.69 Å². The number of benzene rings is 1. The fraction of sp³-hybridized carbons (Fsp3) is 0.111. The van der Waals surface area contributed by atoms with Crippen molar-refractivity contribution in [2.75, 3.05) is 0 Å². The van der Waals surface area contributed by atoms with Crippen molar-refractivity contribution in [1.29, 1.82) is 0 Å². The van der Waals surface area contributed by atoms with Crippen LogP contribution in [0, 0.1) is 6.92 Å². The molecule has 14 heavy (non-hydrogen) atoms. The number of nitrogens with one attached hydrogen (secondary N) is 1. The van der Waals surface area contributed by atoms with Crippen LogP contribution in [0.4, 0.5) is 0 Å². The number of nitrogens with zero attached hydrogens (tertiary/aromatic N) is 1. The quantitative estimate of drug-likeness (QED) is 0.821. The molecule has 2 N–H and O–H groups in total. The lowest BCUT2D eigenvalue weighted by Gasteiger charge is -1.97. The minimum atomic E-state index is -1.01. The maximum Gasteiger partial charge on any atom is 0.357 e. The molecule has 0 fully saturated rings. The van der Waals surface area contributed by atoms with E-state index in [1.807, 2.05) is 19.1 Å². The van der Waals surface area contributed by atoms with E-state index in [1.54, 1.807) is 0 Å². The van der Waals surface area contributed by atoms with Gasteiger partial charge < -0.3 is 5.11 Å². The zero-order chi connectivity index (χ0) is 10.3. The molecule has 0 atom stereocenters. The van der Waals surface area contributed by atoms with Crippen LogP contribution in [0.5, 0.6) is 0 Å². The summed E-state index contributed by atoms with van der Waals surface area (Å²) in [6, 6.07) is 3.67. The van der Waals surface area contributed by atoms with E-state index in [1.165, 1.54) is 0 Å². The van der Waals surface area contributed by atoms with Crippen LogP contribution < -0.4 is 0 Å². The maximum absolute atomic E-state index is 10.8. The molecule has 4 nitrogen and oxygen atoms in total. The van der Waals surface area contributed by atoms with Gasteiger partial charge in [-0.3, -0.25) is 5.10 Å². The lowest BCUT2D eigenvalue weighted by Crippen LogP contribution is -1.97. The number of H-pyrrole nitrogens is 1. The number of halogens is 1. The number of aromatic carboxylic acids is 1. The topological polar surface area (TPSA) is 66.0 Å². The number of rotatable bonds is 1. The second kappa shape index (κ2) is 3.09. The summed E-state index contributed by atoms with van der Waals surface area (Å²) in [5.41, 5.74) is 1.69. The van der Waals surface area contributed by atoms with Gasteiger partial charge in [-0.05, 0) is 24.6 Å². The van der Waals surface area contributed by atoms with Gasteiger partial charge in [0, 0.05) is 9.86 Å². The van der Waals surface area contributed by atoms with Crippen LogP contribution in [-0.4, -0.2) is 21.3 Å². The summed E-state index contributed by atoms with van der Waals surface area (Å²) in [6.45, 7) is 1.86. The highest BCUT2D eigenvalue weighted by molar-refractivity contribution is 9.10. The fourth-order valence-electron chi connectivity index (χ4n) is 1.47. The fourth-order valence-corrected chi connectivity index (χ4v) is 2.04. The molecule has 0 radical (unpaired) electrons.